The van der Waals surface area contributed by atoms with Crippen LogP contribution in [0, 0.1) is 5.92 Å². The fourth-order valence-corrected chi connectivity index (χ4v) is 3.17. The smallest absolute Gasteiger partial charge is 0.254 e. The lowest BCUT2D eigenvalue weighted by molar-refractivity contribution is -0.157. The molecule has 1 spiro atoms. The first-order chi connectivity index (χ1) is 9.33. The van der Waals surface area contributed by atoms with E-state index < -0.39 is 17.4 Å². The first-order valence-corrected chi connectivity index (χ1v) is 7.33. The van der Waals surface area contributed by atoms with Gasteiger partial charge in [0.15, 0.2) is 5.60 Å². The minimum absolute atomic E-state index is 0.0858. The van der Waals surface area contributed by atoms with Crippen molar-refractivity contribution in [1.29, 1.82) is 0 Å². The number of carbonyl (C=O) groups is 2. The zero-order valence-corrected chi connectivity index (χ0v) is 12.0. The zero-order valence-electron chi connectivity index (χ0n) is 12.0. The summed E-state index contributed by atoms with van der Waals surface area (Å²) in [7, 11) is 0. The van der Waals surface area contributed by atoms with Gasteiger partial charge in [-0.15, -0.1) is 0 Å². The van der Waals surface area contributed by atoms with Crippen molar-refractivity contribution in [2.45, 2.75) is 57.0 Å². The average Bonchev–Trinajstić information content (AvgIpc) is 3.17. The first kappa shape index (κ1) is 13.8. The average molecular weight is 282 g/mol. The third kappa shape index (κ3) is 2.31. The molecule has 0 aromatic heterocycles. The number of aliphatic hydroxyl groups excluding tert-OH is 1. The van der Waals surface area contributed by atoms with Crippen LogP contribution in [0.25, 0.3) is 0 Å². The summed E-state index contributed by atoms with van der Waals surface area (Å²) in [6, 6.07) is 0. The highest BCUT2D eigenvalue weighted by Crippen LogP contribution is 2.37. The Morgan fingerprint density at radius 2 is 2.00 bits per heavy atom. The summed E-state index contributed by atoms with van der Waals surface area (Å²) >= 11 is 0. The second kappa shape index (κ2) is 4.43. The molecule has 1 unspecified atom stereocenters. The molecule has 0 aromatic rings. The van der Waals surface area contributed by atoms with Gasteiger partial charge in [0, 0.05) is 25.9 Å². The summed E-state index contributed by atoms with van der Waals surface area (Å²) in [5.41, 5.74) is -1.44. The molecule has 2 amide bonds. The maximum Gasteiger partial charge on any atom is 0.254 e. The summed E-state index contributed by atoms with van der Waals surface area (Å²) in [5, 5.41) is 12.7. The van der Waals surface area contributed by atoms with Gasteiger partial charge in [0.2, 0.25) is 0 Å². The van der Waals surface area contributed by atoms with Crippen molar-refractivity contribution in [3.8, 4) is 0 Å². The van der Waals surface area contributed by atoms with E-state index in [0.717, 1.165) is 12.8 Å². The topological polar surface area (TPSA) is 78.9 Å². The first-order valence-electron chi connectivity index (χ1n) is 7.33. The predicted octanol–water partition coefficient (Wildman–Crippen LogP) is 0.001000. The molecule has 2 heterocycles. The van der Waals surface area contributed by atoms with Gasteiger partial charge in [0.05, 0.1) is 0 Å². The highest BCUT2D eigenvalue weighted by Gasteiger charge is 2.53. The van der Waals surface area contributed by atoms with Crippen LogP contribution in [0.5, 0.6) is 0 Å². The van der Waals surface area contributed by atoms with Crippen molar-refractivity contribution in [2.24, 2.45) is 5.92 Å². The number of amides is 2. The number of likely N-dealkylation sites (tertiary alicyclic amines) is 1. The Kier molecular flexibility index (Phi) is 3.06. The van der Waals surface area contributed by atoms with Crippen molar-refractivity contribution in [3.05, 3.63) is 0 Å². The quantitative estimate of drug-likeness (QED) is 0.747. The Labute approximate surface area is 118 Å². The Morgan fingerprint density at radius 3 is 2.45 bits per heavy atom. The summed E-state index contributed by atoms with van der Waals surface area (Å²) < 4.78 is 5.88. The van der Waals surface area contributed by atoms with Gasteiger partial charge < -0.3 is 20.1 Å². The summed E-state index contributed by atoms with van der Waals surface area (Å²) in [6.07, 6.45) is 1.99. The van der Waals surface area contributed by atoms with Crippen LogP contribution in [0.15, 0.2) is 0 Å². The van der Waals surface area contributed by atoms with Gasteiger partial charge >= 0.3 is 0 Å². The standard InChI is InChI=1S/C14H22N2O4/c1-13(2)15-12(19)14(20-13)5-7-16(8-6-14)11(18)10(17)9-3-4-9/h9-10,17H,3-8H2,1-2H3,(H,15,19). The zero-order chi connectivity index (χ0) is 14.5. The van der Waals surface area contributed by atoms with Gasteiger partial charge in [0.1, 0.15) is 11.8 Å². The predicted molar refractivity (Wildman–Crippen MR) is 70.6 cm³/mol. The van der Waals surface area contributed by atoms with Crippen molar-refractivity contribution >= 4 is 11.8 Å². The lowest BCUT2D eigenvalue weighted by Crippen LogP contribution is -2.53. The summed E-state index contributed by atoms with van der Waals surface area (Å²) in [5.74, 6) is -0.138. The Hall–Kier alpha value is -1.14. The fraction of sp³-hybridized carbons (Fsp3) is 0.857. The number of hydrogen-bond donors (Lipinski definition) is 2. The molecular weight excluding hydrogens is 260 g/mol. The number of nitrogens with zero attached hydrogens (tertiary/aromatic N) is 1. The molecular formula is C14H22N2O4. The lowest BCUT2D eigenvalue weighted by Gasteiger charge is -2.38. The molecule has 0 aromatic carbocycles. The van der Waals surface area contributed by atoms with E-state index in [1.54, 1.807) is 4.90 Å². The van der Waals surface area contributed by atoms with Crippen LogP contribution in [-0.2, 0) is 14.3 Å². The van der Waals surface area contributed by atoms with Crippen LogP contribution < -0.4 is 5.32 Å². The molecule has 1 saturated carbocycles. The second-order valence-corrected chi connectivity index (χ2v) is 6.67. The second-order valence-electron chi connectivity index (χ2n) is 6.67. The minimum atomic E-state index is -0.862. The fourth-order valence-electron chi connectivity index (χ4n) is 3.17. The van der Waals surface area contributed by atoms with Crippen molar-refractivity contribution in [1.82, 2.24) is 10.2 Å². The van der Waals surface area contributed by atoms with E-state index in [9.17, 15) is 14.7 Å². The Balaban J connectivity index is 1.62. The molecule has 2 N–H and O–H groups in total. The van der Waals surface area contributed by atoms with Gasteiger partial charge in [0.25, 0.3) is 11.8 Å². The normalized spacial score (nSPS) is 29.4. The number of ether oxygens (including phenoxy) is 1. The van der Waals surface area contributed by atoms with E-state index in [4.69, 9.17) is 4.74 Å². The molecule has 2 aliphatic heterocycles. The summed E-state index contributed by atoms with van der Waals surface area (Å²) in [4.78, 5) is 25.9. The molecule has 20 heavy (non-hydrogen) atoms. The van der Waals surface area contributed by atoms with E-state index in [1.165, 1.54) is 0 Å². The van der Waals surface area contributed by atoms with E-state index >= 15 is 0 Å². The molecule has 3 fully saturated rings. The van der Waals surface area contributed by atoms with Crippen molar-refractivity contribution in [2.75, 3.05) is 13.1 Å². The van der Waals surface area contributed by atoms with Crippen molar-refractivity contribution < 1.29 is 19.4 Å². The molecule has 6 nitrogen and oxygen atoms in total. The highest BCUT2D eigenvalue weighted by atomic mass is 16.6. The van der Waals surface area contributed by atoms with Crippen LogP contribution in [0.2, 0.25) is 0 Å². The number of hydrogen-bond acceptors (Lipinski definition) is 4. The van der Waals surface area contributed by atoms with Gasteiger partial charge in [-0.05, 0) is 32.6 Å². The number of carbonyl (C=O) groups excluding carboxylic acids is 2. The van der Waals surface area contributed by atoms with Crippen LogP contribution in [0.3, 0.4) is 0 Å². The van der Waals surface area contributed by atoms with Gasteiger partial charge in [-0.1, -0.05) is 0 Å². The van der Waals surface area contributed by atoms with Crippen LogP contribution in [0.1, 0.15) is 39.5 Å². The third-order valence-electron chi connectivity index (χ3n) is 4.48. The van der Waals surface area contributed by atoms with Crippen LogP contribution in [-0.4, -0.2) is 52.3 Å². The number of rotatable bonds is 2. The van der Waals surface area contributed by atoms with Crippen molar-refractivity contribution in [3.63, 3.8) is 0 Å². The maximum atomic E-state index is 12.1. The number of aliphatic hydroxyl groups is 1. The van der Waals surface area contributed by atoms with E-state index in [2.05, 4.69) is 5.32 Å². The van der Waals surface area contributed by atoms with Crippen LogP contribution in [0.4, 0.5) is 0 Å². The van der Waals surface area contributed by atoms with E-state index in [-0.39, 0.29) is 17.7 Å². The Morgan fingerprint density at radius 1 is 1.40 bits per heavy atom. The van der Waals surface area contributed by atoms with Gasteiger partial charge in [-0.25, -0.2) is 0 Å². The van der Waals surface area contributed by atoms with Gasteiger partial charge in [-0.3, -0.25) is 9.59 Å². The third-order valence-corrected chi connectivity index (χ3v) is 4.48. The molecule has 1 aliphatic carbocycles. The SMILES string of the molecule is CC1(C)NC(=O)C2(CCN(C(=O)C(O)C3CC3)CC2)O1. The highest BCUT2D eigenvalue weighted by molar-refractivity contribution is 5.88. The maximum absolute atomic E-state index is 12.1. The molecule has 6 heteroatoms. The molecule has 3 rings (SSSR count). The van der Waals surface area contributed by atoms with Gasteiger partial charge in [-0.2, -0.15) is 0 Å². The molecule has 0 bridgehead atoms. The monoisotopic (exact) mass is 282 g/mol. The van der Waals surface area contributed by atoms with E-state index in [1.807, 2.05) is 13.8 Å². The molecule has 1 atom stereocenters. The van der Waals surface area contributed by atoms with Crippen LogP contribution >= 0.6 is 0 Å². The van der Waals surface area contributed by atoms with E-state index in [0.29, 0.717) is 25.9 Å². The number of piperidine rings is 1. The minimum Gasteiger partial charge on any atom is -0.383 e. The Bertz CT molecular complexity index is 436. The molecule has 3 aliphatic rings. The largest absolute Gasteiger partial charge is 0.383 e. The lowest BCUT2D eigenvalue weighted by atomic mass is 9.90. The molecule has 0 radical (unpaired) electrons. The summed E-state index contributed by atoms with van der Waals surface area (Å²) in [6.45, 7) is 4.58. The molecule has 2 saturated heterocycles. The number of nitrogens with one attached hydrogen (secondary N) is 1. The molecule has 112 valence electrons.